The van der Waals surface area contributed by atoms with E-state index in [-0.39, 0.29) is 29.3 Å². The van der Waals surface area contributed by atoms with E-state index < -0.39 is 6.10 Å². The van der Waals surface area contributed by atoms with E-state index in [0.29, 0.717) is 30.2 Å². The van der Waals surface area contributed by atoms with Crippen molar-refractivity contribution in [1.82, 2.24) is 15.5 Å². The molecule has 0 spiro atoms. The third kappa shape index (κ3) is 6.55. The number of nitrogens with one attached hydrogen (secondary N) is 1. The van der Waals surface area contributed by atoms with Gasteiger partial charge in [-0.2, -0.15) is 0 Å². The number of carbonyl (C=O) groups excluding carboxylic acids is 1. The van der Waals surface area contributed by atoms with E-state index in [4.69, 9.17) is 14.2 Å². The highest BCUT2D eigenvalue weighted by molar-refractivity contribution is 5.68. The maximum Gasteiger partial charge on any atom is 0.407 e. The standard InChI is InChI=1S/C32H39N3O5/c1-21(36)28-15-16-29(35-34-28)39-25-13-9-23(10-14-25)32(17-5-6-18-32)22-7-11-24(12-8-22)38-26-19-27(20-26)40-30(37)33-31(2,3)4/h7-16,21,26-27,36H,5-6,17-20H2,1-4H3,(H,33,37). The number of aliphatic hydroxyl groups excluding tert-OH is 1. The van der Waals surface area contributed by atoms with Crippen molar-refractivity contribution < 1.29 is 24.1 Å². The van der Waals surface area contributed by atoms with E-state index in [1.54, 1.807) is 19.1 Å². The summed E-state index contributed by atoms with van der Waals surface area (Å²) in [7, 11) is 0. The summed E-state index contributed by atoms with van der Waals surface area (Å²) in [5.41, 5.74) is 2.72. The molecule has 8 nitrogen and oxygen atoms in total. The number of nitrogens with zero attached hydrogens (tertiary/aromatic N) is 2. The molecular weight excluding hydrogens is 506 g/mol. The largest absolute Gasteiger partial charge is 0.490 e. The second-order valence-corrected chi connectivity index (χ2v) is 12.0. The Balaban J connectivity index is 1.19. The molecule has 40 heavy (non-hydrogen) atoms. The molecule has 2 saturated carbocycles. The van der Waals surface area contributed by atoms with Crippen molar-refractivity contribution in [1.29, 1.82) is 0 Å². The van der Waals surface area contributed by atoms with Crippen LogP contribution in [-0.4, -0.2) is 39.1 Å². The third-order valence-electron chi connectivity index (χ3n) is 7.69. The molecule has 3 aromatic rings. The van der Waals surface area contributed by atoms with Gasteiger partial charge in [-0.05, 0) is 82.0 Å². The lowest BCUT2D eigenvalue weighted by molar-refractivity contribution is -0.0243. The Bertz CT molecular complexity index is 1270. The van der Waals surface area contributed by atoms with Crippen molar-refractivity contribution in [2.24, 2.45) is 0 Å². The summed E-state index contributed by atoms with van der Waals surface area (Å²) in [6, 6.07) is 20.2. The van der Waals surface area contributed by atoms with Crippen LogP contribution in [0, 0.1) is 0 Å². The van der Waals surface area contributed by atoms with E-state index in [1.807, 2.05) is 32.9 Å². The molecule has 0 radical (unpaired) electrons. The molecule has 8 heteroatoms. The van der Waals surface area contributed by atoms with Crippen LogP contribution in [-0.2, 0) is 10.2 Å². The van der Waals surface area contributed by atoms with Gasteiger partial charge in [-0.25, -0.2) is 4.79 Å². The van der Waals surface area contributed by atoms with Crippen molar-refractivity contribution in [3.05, 3.63) is 77.5 Å². The molecule has 1 atom stereocenters. The van der Waals surface area contributed by atoms with Gasteiger partial charge in [-0.15, -0.1) is 10.2 Å². The summed E-state index contributed by atoms with van der Waals surface area (Å²) < 4.78 is 17.5. The van der Waals surface area contributed by atoms with Crippen LogP contribution in [0.1, 0.15) is 89.1 Å². The van der Waals surface area contributed by atoms with Gasteiger partial charge in [0.2, 0.25) is 5.88 Å². The molecule has 2 N–H and O–H groups in total. The van der Waals surface area contributed by atoms with Gasteiger partial charge in [0.25, 0.3) is 0 Å². The molecule has 2 fully saturated rings. The lowest BCUT2D eigenvalue weighted by Crippen LogP contribution is -2.46. The van der Waals surface area contributed by atoms with Crippen molar-refractivity contribution in [3.63, 3.8) is 0 Å². The van der Waals surface area contributed by atoms with E-state index >= 15 is 0 Å². The molecular formula is C32H39N3O5. The first kappa shape index (κ1) is 27.9. The van der Waals surface area contributed by atoms with Crippen LogP contribution in [0.5, 0.6) is 17.4 Å². The summed E-state index contributed by atoms with van der Waals surface area (Å²) in [5, 5.41) is 20.5. The minimum atomic E-state index is -0.665. The lowest BCUT2D eigenvalue weighted by atomic mass is 9.73. The fraction of sp³-hybridized carbons (Fsp3) is 0.469. The second-order valence-electron chi connectivity index (χ2n) is 12.0. The first-order chi connectivity index (χ1) is 19.1. The molecule has 2 aromatic carbocycles. The third-order valence-corrected chi connectivity index (χ3v) is 7.69. The van der Waals surface area contributed by atoms with Gasteiger partial charge < -0.3 is 24.6 Å². The summed E-state index contributed by atoms with van der Waals surface area (Å²) in [5.74, 6) is 1.92. The second kappa shape index (κ2) is 11.5. The number of hydrogen-bond acceptors (Lipinski definition) is 7. The van der Waals surface area contributed by atoms with Gasteiger partial charge in [0.15, 0.2) is 0 Å². The zero-order valence-corrected chi connectivity index (χ0v) is 23.7. The number of alkyl carbamates (subject to hydrolysis) is 1. The zero-order valence-electron chi connectivity index (χ0n) is 23.7. The van der Waals surface area contributed by atoms with Gasteiger partial charge in [-0.1, -0.05) is 37.1 Å². The Kier molecular flexibility index (Phi) is 7.99. The number of benzene rings is 2. The van der Waals surface area contributed by atoms with Gasteiger partial charge in [0.05, 0.1) is 11.8 Å². The molecule has 1 unspecified atom stereocenters. The van der Waals surface area contributed by atoms with Gasteiger partial charge in [0, 0.05) is 29.9 Å². The SMILES string of the molecule is CC(O)c1ccc(Oc2ccc(C3(c4ccc(OC5CC(OC(=O)NC(C)(C)C)C5)cc4)CCCC3)cc2)nn1. The topological polar surface area (TPSA) is 103 Å². The average Bonchev–Trinajstić information content (AvgIpc) is 3.39. The number of amides is 1. The number of rotatable bonds is 8. The van der Waals surface area contributed by atoms with Crippen LogP contribution in [0.2, 0.25) is 0 Å². The van der Waals surface area contributed by atoms with E-state index in [1.165, 1.54) is 24.0 Å². The molecule has 5 rings (SSSR count). The number of aromatic nitrogens is 2. The predicted octanol–water partition coefficient (Wildman–Crippen LogP) is 6.62. The highest BCUT2D eigenvalue weighted by Gasteiger charge is 2.38. The minimum absolute atomic E-state index is 0.0361. The van der Waals surface area contributed by atoms with Crippen molar-refractivity contribution in [2.75, 3.05) is 0 Å². The minimum Gasteiger partial charge on any atom is -0.490 e. The van der Waals surface area contributed by atoms with Gasteiger partial charge >= 0.3 is 6.09 Å². The fourth-order valence-corrected chi connectivity index (χ4v) is 5.53. The highest BCUT2D eigenvalue weighted by atomic mass is 16.6. The van der Waals surface area contributed by atoms with Crippen LogP contribution in [0.4, 0.5) is 4.79 Å². The summed E-state index contributed by atoms with van der Waals surface area (Å²) in [6.07, 6.45) is 4.89. The molecule has 2 aliphatic carbocycles. The van der Waals surface area contributed by atoms with Crippen LogP contribution >= 0.6 is 0 Å². The number of hydrogen-bond donors (Lipinski definition) is 2. The monoisotopic (exact) mass is 545 g/mol. The number of carbonyl (C=O) groups is 1. The number of ether oxygens (including phenoxy) is 3. The van der Waals surface area contributed by atoms with Crippen LogP contribution in [0.15, 0.2) is 60.7 Å². The lowest BCUT2D eigenvalue weighted by Gasteiger charge is -2.35. The highest BCUT2D eigenvalue weighted by Crippen LogP contribution is 2.47. The Hall–Kier alpha value is -3.65. The molecule has 1 heterocycles. The van der Waals surface area contributed by atoms with Gasteiger partial charge in [0.1, 0.15) is 23.7 Å². The zero-order chi connectivity index (χ0) is 28.3. The molecule has 2 aliphatic rings. The predicted molar refractivity (Wildman–Crippen MR) is 152 cm³/mol. The Labute approximate surface area is 236 Å². The summed E-state index contributed by atoms with van der Waals surface area (Å²) >= 11 is 0. The summed E-state index contributed by atoms with van der Waals surface area (Å²) in [6.45, 7) is 7.45. The van der Waals surface area contributed by atoms with Crippen molar-refractivity contribution in [2.45, 2.75) is 95.5 Å². The molecule has 0 saturated heterocycles. The maximum absolute atomic E-state index is 12.0. The Morgan fingerprint density at radius 1 is 0.900 bits per heavy atom. The molecule has 0 bridgehead atoms. The Morgan fingerprint density at radius 2 is 1.50 bits per heavy atom. The maximum atomic E-state index is 12.0. The van der Waals surface area contributed by atoms with E-state index in [9.17, 15) is 9.90 Å². The first-order valence-electron chi connectivity index (χ1n) is 14.2. The molecule has 0 aliphatic heterocycles. The first-order valence-corrected chi connectivity index (χ1v) is 14.2. The molecule has 1 amide bonds. The van der Waals surface area contributed by atoms with Crippen LogP contribution in [0.3, 0.4) is 0 Å². The van der Waals surface area contributed by atoms with Crippen molar-refractivity contribution in [3.8, 4) is 17.4 Å². The van der Waals surface area contributed by atoms with Gasteiger partial charge in [-0.3, -0.25) is 0 Å². The smallest absolute Gasteiger partial charge is 0.407 e. The molecule has 212 valence electrons. The number of aliphatic hydroxyl groups is 1. The van der Waals surface area contributed by atoms with E-state index in [0.717, 1.165) is 18.6 Å². The van der Waals surface area contributed by atoms with Crippen molar-refractivity contribution >= 4 is 6.09 Å². The van der Waals surface area contributed by atoms with E-state index in [2.05, 4.69) is 51.9 Å². The normalized spacial score (nSPS) is 20.7. The summed E-state index contributed by atoms with van der Waals surface area (Å²) in [4.78, 5) is 12.0. The fourth-order valence-electron chi connectivity index (χ4n) is 5.53. The quantitative estimate of drug-likeness (QED) is 0.328. The Morgan fingerprint density at radius 3 is 2.02 bits per heavy atom. The van der Waals surface area contributed by atoms with Crippen LogP contribution in [0.25, 0.3) is 0 Å². The average molecular weight is 546 g/mol. The van der Waals surface area contributed by atoms with Crippen LogP contribution < -0.4 is 14.8 Å². The molecule has 1 aromatic heterocycles.